The Labute approximate surface area is 86.3 Å². The van der Waals surface area contributed by atoms with E-state index in [0.717, 1.165) is 11.4 Å². The van der Waals surface area contributed by atoms with E-state index >= 15 is 0 Å². The first-order chi connectivity index (χ1) is 6.66. The molecule has 0 aromatic carbocycles. The van der Waals surface area contributed by atoms with Gasteiger partial charge >= 0.3 is 0 Å². The summed E-state index contributed by atoms with van der Waals surface area (Å²) in [6.07, 6.45) is 3.38. The maximum Gasteiger partial charge on any atom is 0.125 e. The first-order valence-electron chi connectivity index (χ1n) is 4.10. The summed E-state index contributed by atoms with van der Waals surface area (Å²) in [4.78, 5) is 3.90. The number of pyridine rings is 1. The van der Waals surface area contributed by atoms with Gasteiger partial charge in [-0.25, -0.2) is 9.67 Å². The first-order valence-corrected chi connectivity index (χ1v) is 4.48. The Hall–Kier alpha value is -1.55. The van der Waals surface area contributed by atoms with Crippen molar-refractivity contribution in [3.63, 3.8) is 0 Å². The van der Waals surface area contributed by atoms with Crippen molar-refractivity contribution in [1.29, 1.82) is 0 Å². The molecule has 0 aliphatic rings. The molecule has 2 rings (SSSR count). The molecule has 2 aromatic rings. The highest BCUT2D eigenvalue weighted by atomic mass is 35.5. The smallest absolute Gasteiger partial charge is 0.125 e. The molecular weight excluding hydrogens is 200 g/mol. The summed E-state index contributed by atoms with van der Waals surface area (Å²) < 4.78 is 1.68. The van der Waals surface area contributed by atoms with Gasteiger partial charge in [0, 0.05) is 18.5 Å². The molecule has 0 unspecified atom stereocenters. The molecule has 5 heteroatoms. The molecule has 2 aromatic heterocycles. The van der Waals surface area contributed by atoms with Gasteiger partial charge in [-0.1, -0.05) is 11.6 Å². The van der Waals surface area contributed by atoms with Crippen molar-refractivity contribution in [2.45, 2.75) is 6.92 Å². The fraction of sp³-hybridized carbons (Fsp3) is 0.111. The van der Waals surface area contributed by atoms with E-state index in [0.29, 0.717) is 10.8 Å². The lowest BCUT2D eigenvalue weighted by Crippen LogP contribution is -1.97. The minimum atomic E-state index is 0.465. The lowest BCUT2D eigenvalue weighted by Gasteiger charge is -2.00. The minimum absolute atomic E-state index is 0.465. The number of anilines is 1. The van der Waals surface area contributed by atoms with Crippen LogP contribution in [-0.4, -0.2) is 14.8 Å². The summed E-state index contributed by atoms with van der Waals surface area (Å²) in [5.41, 5.74) is 7.20. The van der Waals surface area contributed by atoms with Gasteiger partial charge in [-0.15, -0.1) is 0 Å². The summed E-state index contributed by atoms with van der Waals surface area (Å²) >= 11 is 5.89. The van der Waals surface area contributed by atoms with E-state index in [2.05, 4.69) is 10.1 Å². The average Bonchev–Trinajstić information content (AvgIpc) is 2.47. The second kappa shape index (κ2) is 3.31. The van der Waals surface area contributed by atoms with E-state index in [1.54, 1.807) is 23.1 Å². The van der Waals surface area contributed by atoms with Crippen molar-refractivity contribution in [2.75, 3.05) is 5.73 Å². The number of nitrogens with two attached hydrogens (primary N) is 1. The Morgan fingerprint density at radius 2 is 2.29 bits per heavy atom. The number of rotatable bonds is 1. The molecule has 0 atom stereocenters. The number of nitrogen functional groups attached to an aromatic ring is 1. The van der Waals surface area contributed by atoms with Crippen molar-refractivity contribution < 1.29 is 0 Å². The predicted molar refractivity (Wildman–Crippen MR) is 55.5 cm³/mol. The van der Waals surface area contributed by atoms with Crippen LogP contribution in [0.2, 0.25) is 5.02 Å². The topological polar surface area (TPSA) is 56.7 Å². The zero-order valence-corrected chi connectivity index (χ0v) is 8.36. The third-order valence-corrected chi connectivity index (χ3v) is 2.24. The first kappa shape index (κ1) is 9.02. The van der Waals surface area contributed by atoms with Crippen LogP contribution in [0.3, 0.4) is 0 Å². The van der Waals surface area contributed by atoms with Gasteiger partial charge in [0.2, 0.25) is 0 Å². The number of hydrogen-bond donors (Lipinski definition) is 1. The van der Waals surface area contributed by atoms with Gasteiger partial charge in [0.15, 0.2) is 0 Å². The Morgan fingerprint density at radius 1 is 1.50 bits per heavy atom. The van der Waals surface area contributed by atoms with Crippen LogP contribution in [0.4, 0.5) is 5.82 Å². The lowest BCUT2D eigenvalue weighted by atomic mass is 10.4. The molecule has 14 heavy (non-hydrogen) atoms. The number of hydrogen-bond acceptors (Lipinski definition) is 3. The molecule has 2 heterocycles. The van der Waals surface area contributed by atoms with Gasteiger partial charge in [0.1, 0.15) is 5.82 Å². The third-order valence-electron chi connectivity index (χ3n) is 1.87. The van der Waals surface area contributed by atoms with Crippen molar-refractivity contribution in [3.05, 3.63) is 35.2 Å². The molecule has 0 saturated heterocycles. The van der Waals surface area contributed by atoms with Crippen molar-refractivity contribution in [2.24, 2.45) is 0 Å². The normalized spacial score (nSPS) is 10.4. The van der Waals surface area contributed by atoms with Gasteiger partial charge in [-0.3, -0.25) is 0 Å². The summed E-state index contributed by atoms with van der Waals surface area (Å²) in [5, 5.41) is 4.86. The standard InChI is InChI=1S/C9H9ClN4/c1-6-8(10)5-14(13-6)7-2-3-12-9(11)4-7/h2-5H,1H3,(H2,11,12). The van der Waals surface area contributed by atoms with Gasteiger partial charge in [0.05, 0.1) is 16.4 Å². The van der Waals surface area contributed by atoms with Crippen molar-refractivity contribution in [3.8, 4) is 5.69 Å². The molecule has 0 amide bonds. The summed E-state index contributed by atoms with van der Waals surface area (Å²) in [6.45, 7) is 1.85. The van der Waals surface area contributed by atoms with E-state index in [1.165, 1.54) is 0 Å². The molecule has 4 nitrogen and oxygen atoms in total. The number of aromatic nitrogens is 3. The van der Waals surface area contributed by atoms with Crippen LogP contribution in [0.25, 0.3) is 5.69 Å². The fourth-order valence-corrected chi connectivity index (χ4v) is 1.28. The van der Waals surface area contributed by atoms with Crippen LogP contribution < -0.4 is 5.73 Å². The van der Waals surface area contributed by atoms with Crippen LogP contribution in [0.5, 0.6) is 0 Å². The highest BCUT2D eigenvalue weighted by molar-refractivity contribution is 6.31. The Morgan fingerprint density at radius 3 is 2.86 bits per heavy atom. The highest BCUT2D eigenvalue weighted by Gasteiger charge is 2.03. The molecule has 0 aliphatic carbocycles. The van der Waals surface area contributed by atoms with Gasteiger partial charge in [-0.05, 0) is 13.0 Å². The van der Waals surface area contributed by atoms with Gasteiger partial charge in [0.25, 0.3) is 0 Å². The van der Waals surface area contributed by atoms with Crippen LogP contribution >= 0.6 is 11.6 Å². The molecule has 2 N–H and O–H groups in total. The molecule has 0 fully saturated rings. The van der Waals surface area contributed by atoms with Crippen molar-refractivity contribution in [1.82, 2.24) is 14.8 Å². The Balaban J connectivity index is 2.49. The van der Waals surface area contributed by atoms with E-state index in [9.17, 15) is 0 Å². The number of halogens is 1. The molecule has 0 radical (unpaired) electrons. The number of aryl methyl sites for hydroxylation is 1. The maximum atomic E-state index is 5.89. The van der Waals surface area contributed by atoms with Crippen LogP contribution in [0.1, 0.15) is 5.69 Å². The SMILES string of the molecule is Cc1nn(-c2ccnc(N)c2)cc1Cl. The van der Waals surface area contributed by atoms with Gasteiger partial charge < -0.3 is 5.73 Å². The van der Waals surface area contributed by atoms with E-state index in [4.69, 9.17) is 17.3 Å². The lowest BCUT2D eigenvalue weighted by molar-refractivity contribution is 0.861. The highest BCUT2D eigenvalue weighted by Crippen LogP contribution is 2.16. The molecular formula is C9H9ClN4. The van der Waals surface area contributed by atoms with Crippen LogP contribution in [-0.2, 0) is 0 Å². The largest absolute Gasteiger partial charge is 0.384 e. The Bertz CT molecular complexity index is 444. The molecule has 0 spiro atoms. The monoisotopic (exact) mass is 208 g/mol. The second-order valence-corrected chi connectivity index (χ2v) is 3.35. The predicted octanol–water partition coefficient (Wildman–Crippen LogP) is 1.81. The zero-order valence-electron chi connectivity index (χ0n) is 7.61. The van der Waals surface area contributed by atoms with E-state index in [-0.39, 0.29) is 0 Å². The maximum absolute atomic E-state index is 5.89. The molecule has 0 saturated carbocycles. The second-order valence-electron chi connectivity index (χ2n) is 2.95. The summed E-state index contributed by atoms with van der Waals surface area (Å²) in [7, 11) is 0. The minimum Gasteiger partial charge on any atom is -0.384 e. The number of nitrogens with zero attached hydrogens (tertiary/aromatic N) is 3. The average molecular weight is 209 g/mol. The molecule has 0 aliphatic heterocycles. The molecule has 0 bridgehead atoms. The summed E-state index contributed by atoms with van der Waals surface area (Å²) in [6, 6.07) is 3.56. The van der Waals surface area contributed by atoms with Gasteiger partial charge in [-0.2, -0.15) is 5.10 Å². The molecule has 72 valence electrons. The summed E-state index contributed by atoms with van der Waals surface area (Å²) in [5.74, 6) is 0.465. The van der Waals surface area contributed by atoms with Crippen molar-refractivity contribution >= 4 is 17.4 Å². The zero-order chi connectivity index (χ0) is 10.1. The van der Waals surface area contributed by atoms with E-state index in [1.807, 2.05) is 13.0 Å². The van der Waals surface area contributed by atoms with Crippen LogP contribution in [0, 0.1) is 6.92 Å². The Kier molecular flexibility index (Phi) is 2.13. The fourth-order valence-electron chi connectivity index (χ4n) is 1.15. The third kappa shape index (κ3) is 1.56. The quantitative estimate of drug-likeness (QED) is 0.778. The van der Waals surface area contributed by atoms with E-state index < -0.39 is 0 Å². The van der Waals surface area contributed by atoms with Crippen LogP contribution in [0.15, 0.2) is 24.5 Å².